The lowest BCUT2D eigenvalue weighted by Gasteiger charge is -2.27. The van der Waals surface area contributed by atoms with E-state index in [2.05, 4.69) is 20.5 Å². The highest BCUT2D eigenvalue weighted by Gasteiger charge is 2.44. The van der Waals surface area contributed by atoms with Gasteiger partial charge in [-0.25, -0.2) is 4.68 Å². The quantitative estimate of drug-likeness (QED) is 0.600. The summed E-state index contributed by atoms with van der Waals surface area (Å²) in [5, 5.41) is 10.1. The summed E-state index contributed by atoms with van der Waals surface area (Å²) >= 11 is 0. The van der Waals surface area contributed by atoms with Crippen molar-refractivity contribution in [1.29, 1.82) is 0 Å². The number of hydrogen-bond acceptors (Lipinski definition) is 8. The zero-order valence-corrected chi connectivity index (χ0v) is 16.6. The molecule has 2 fully saturated rings. The van der Waals surface area contributed by atoms with E-state index in [0.29, 0.717) is 19.6 Å². The molecule has 1 unspecified atom stereocenters. The molecule has 2 saturated heterocycles. The van der Waals surface area contributed by atoms with Crippen LogP contribution in [0.3, 0.4) is 0 Å². The predicted molar refractivity (Wildman–Crippen MR) is 105 cm³/mol. The summed E-state index contributed by atoms with van der Waals surface area (Å²) in [5.74, 6) is -2.02. The molecule has 11 heteroatoms. The average Bonchev–Trinajstić information content (AvgIpc) is 3.43. The zero-order valence-electron chi connectivity index (χ0n) is 16.6. The van der Waals surface area contributed by atoms with Crippen LogP contribution < -0.4 is 11.1 Å². The second-order valence-electron chi connectivity index (χ2n) is 8.14. The molecule has 3 atom stereocenters. The molecule has 1 aromatic heterocycles. The minimum atomic E-state index is -0.964. The SMILES string of the molecule is N[C@@H]1CN(Cc2ccc3c(c2)C(=O)N(C2CCC(=O)NC2=O)C3=O)C[C@@H]1n1ccnn1. The molecule has 4 amide bonds. The van der Waals surface area contributed by atoms with Gasteiger partial charge in [0, 0.05) is 38.3 Å². The Morgan fingerprint density at radius 2 is 1.90 bits per heavy atom. The van der Waals surface area contributed by atoms with Crippen molar-refractivity contribution in [2.24, 2.45) is 5.73 Å². The Balaban J connectivity index is 1.33. The third kappa shape index (κ3) is 3.31. The minimum Gasteiger partial charge on any atom is -0.325 e. The Labute approximate surface area is 177 Å². The maximum Gasteiger partial charge on any atom is 0.262 e. The van der Waals surface area contributed by atoms with Gasteiger partial charge in [0.05, 0.1) is 23.4 Å². The summed E-state index contributed by atoms with van der Waals surface area (Å²) in [6.45, 7) is 1.92. The van der Waals surface area contributed by atoms with Gasteiger partial charge in [-0.1, -0.05) is 11.3 Å². The second kappa shape index (κ2) is 7.36. The molecule has 4 heterocycles. The Morgan fingerprint density at radius 3 is 2.65 bits per heavy atom. The summed E-state index contributed by atoms with van der Waals surface area (Å²) in [6.07, 6.45) is 3.64. The van der Waals surface area contributed by atoms with Crippen molar-refractivity contribution < 1.29 is 19.2 Å². The number of likely N-dealkylation sites (tertiary alicyclic amines) is 1. The topological polar surface area (TPSA) is 144 Å². The number of nitrogens with two attached hydrogens (primary N) is 1. The number of rotatable bonds is 4. The Kier molecular flexibility index (Phi) is 4.63. The van der Waals surface area contributed by atoms with Crippen LogP contribution in [0.2, 0.25) is 0 Å². The number of carbonyl (C=O) groups excluding carboxylic acids is 4. The third-order valence-corrected chi connectivity index (χ3v) is 6.10. The fraction of sp³-hybridized carbons (Fsp3) is 0.400. The van der Waals surface area contributed by atoms with Gasteiger partial charge in [0.25, 0.3) is 11.8 Å². The molecule has 0 radical (unpaired) electrons. The van der Waals surface area contributed by atoms with Gasteiger partial charge in [0.2, 0.25) is 11.8 Å². The number of imide groups is 2. The second-order valence-corrected chi connectivity index (χ2v) is 8.14. The number of benzene rings is 1. The molecule has 0 aliphatic carbocycles. The maximum absolute atomic E-state index is 13.0. The minimum absolute atomic E-state index is 0.0168. The molecule has 3 aliphatic heterocycles. The monoisotopic (exact) mass is 423 g/mol. The van der Waals surface area contributed by atoms with Crippen LogP contribution in [0.15, 0.2) is 30.6 Å². The lowest BCUT2D eigenvalue weighted by molar-refractivity contribution is -0.136. The Hall–Kier alpha value is -3.44. The molecule has 31 heavy (non-hydrogen) atoms. The van der Waals surface area contributed by atoms with Gasteiger partial charge in [0.15, 0.2) is 0 Å². The highest BCUT2D eigenvalue weighted by atomic mass is 16.2. The fourth-order valence-corrected chi connectivity index (χ4v) is 4.57. The Bertz CT molecular complexity index is 1080. The third-order valence-electron chi connectivity index (χ3n) is 6.10. The first-order chi connectivity index (χ1) is 14.9. The Morgan fingerprint density at radius 1 is 1.10 bits per heavy atom. The molecular weight excluding hydrogens is 402 g/mol. The fourth-order valence-electron chi connectivity index (χ4n) is 4.57. The van der Waals surface area contributed by atoms with Gasteiger partial charge >= 0.3 is 0 Å². The van der Waals surface area contributed by atoms with Crippen LogP contribution >= 0.6 is 0 Å². The predicted octanol–water partition coefficient (Wildman–Crippen LogP) is -0.936. The van der Waals surface area contributed by atoms with Crippen molar-refractivity contribution in [3.05, 3.63) is 47.3 Å². The van der Waals surface area contributed by atoms with E-state index in [0.717, 1.165) is 10.5 Å². The number of nitrogens with one attached hydrogen (secondary N) is 1. The van der Waals surface area contributed by atoms with Crippen LogP contribution in [-0.2, 0) is 16.1 Å². The van der Waals surface area contributed by atoms with Crippen molar-refractivity contribution in [2.75, 3.05) is 13.1 Å². The van der Waals surface area contributed by atoms with Gasteiger partial charge < -0.3 is 5.73 Å². The van der Waals surface area contributed by atoms with Gasteiger partial charge in [0.1, 0.15) is 6.04 Å². The van der Waals surface area contributed by atoms with Crippen LogP contribution in [0.1, 0.15) is 45.2 Å². The molecule has 0 saturated carbocycles. The van der Waals surface area contributed by atoms with Crippen molar-refractivity contribution >= 4 is 23.6 Å². The van der Waals surface area contributed by atoms with E-state index >= 15 is 0 Å². The van der Waals surface area contributed by atoms with E-state index in [1.807, 2.05) is 6.07 Å². The van der Waals surface area contributed by atoms with E-state index in [1.165, 1.54) is 0 Å². The van der Waals surface area contributed by atoms with Crippen LogP contribution in [0.4, 0.5) is 0 Å². The number of aromatic nitrogens is 3. The van der Waals surface area contributed by atoms with Gasteiger partial charge in [-0.05, 0) is 24.1 Å². The van der Waals surface area contributed by atoms with Crippen LogP contribution in [0, 0.1) is 0 Å². The molecular formula is C20H21N7O4. The summed E-state index contributed by atoms with van der Waals surface area (Å²) in [6, 6.07) is 4.10. The van der Waals surface area contributed by atoms with E-state index in [4.69, 9.17) is 5.73 Å². The molecule has 0 spiro atoms. The number of carbonyl (C=O) groups is 4. The smallest absolute Gasteiger partial charge is 0.262 e. The van der Waals surface area contributed by atoms with Crippen molar-refractivity contribution in [3.8, 4) is 0 Å². The molecule has 2 aromatic rings. The molecule has 160 valence electrons. The number of fused-ring (bicyclic) bond motifs is 1. The molecule has 11 nitrogen and oxygen atoms in total. The maximum atomic E-state index is 13.0. The molecule has 3 aliphatic rings. The average molecular weight is 423 g/mol. The summed E-state index contributed by atoms with van der Waals surface area (Å²) < 4.78 is 1.76. The van der Waals surface area contributed by atoms with E-state index in [1.54, 1.807) is 29.2 Å². The van der Waals surface area contributed by atoms with Gasteiger partial charge in [-0.2, -0.15) is 0 Å². The van der Waals surface area contributed by atoms with Crippen molar-refractivity contribution in [2.45, 2.75) is 37.5 Å². The van der Waals surface area contributed by atoms with Crippen LogP contribution in [0.5, 0.6) is 0 Å². The zero-order chi connectivity index (χ0) is 21.7. The van der Waals surface area contributed by atoms with Crippen molar-refractivity contribution in [1.82, 2.24) is 30.1 Å². The first-order valence-corrected chi connectivity index (χ1v) is 10.1. The number of hydrogen-bond donors (Lipinski definition) is 2. The standard InChI is InChI=1S/C20H21N7O4/c21-14-9-25(10-16(14)26-6-5-22-24-26)8-11-1-2-12-13(7-11)20(31)27(19(12)30)15-3-4-17(28)23-18(15)29/h1-2,5-7,14-16H,3-4,8-10,21H2,(H,23,28,29)/t14-,15?,16+/m1/s1. The summed E-state index contributed by atoms with van der Waals surface area (Å²) in [7, 11) is 0. The molecule has 0 bridgehead atoms. The van der Waals surface area contributed by atoms with Crippen molar-refractivity contribution in [3.63, 3.8) is 0 Å². The van der Waals surface area contributed by atoms with E-state index in [-0.39, 0.29) is 36.1 Å². The summed E-state index contributed by atoms with van der Waals surface area (Å²) in [5.41, 5.74) is 7.70. The number of nitrogens with zero attached hydrogens (tertiary/aromatic N) is 5. The van der Waals surface area contributed by atoms with E-state index in [9.17, 15) is 19.2 Å². The molecule has 1 aromatic carbocycles. The van der Waals surface area contributed by atoms with Crippen LogP contribution in [0.25, 0.3) is 0 Å². The first-order valence-electron chi connectivity index (χ1n) is 10.1. The van der Waals surface area contributed by atoms with Gasteiger partial charge in [-0.3, -0.25) is 34.3 Å². The summed E-state index contributed by atoms with van der Waals surface area (Å²) in [4.78, 5) is 52.5. The van der Waals surface area contributed by atoms with Gasteiger partial charge in [-0.15, -0.1) is 5.10 Å². The largest absolute Gasteiger partial charge is 0.325 e. The highest BCUT2D eigenvalue weighted by Crippen LogP contribution is 2.29. The molecule has 5 rings (SSSR count). The van der Waals surface area contributed by atoms with E-state index < -0.39 is 29.7 Å². The lowest BCUT2D eigenvalue weighted by atomic mass is 10.0. The normalized spacial score (nSPS) is 26.5. The number of amides is 4. The number of piperidine rings is 1. The highest BCUT2D eigenvalue weighted by molar-refractivity contribution is 6.23. The van der Waals surface area contributed by atoms with Crippen LogP contribution in [-0.4, -0.2) is 73.6 Å². The first kappa shape index (κ1) is 19.5. The molecule has 3 N–H and O–H groups in total. The lowest BCUT2D eigenvalue weighted by Crippen LogP contribution is -2.54.